The molecule has 2 N–H and O–H groups in total. The molecule has 4 rings (SSSR count). The number of hydrogen-bond donors (Lipinski definition) is 2. The summed E-state index contributed by atoms with van der Waals surface area (Å²) in [5.74, 6) is 0.355. The summed E-state index contributed by atoms with van der Waals surface area (Å²) in [5.41, 5.74) is 2.36. The van der Waals surface area contributed by atoms with Crippen molar-refractivity contribution in [3.63, 3.8) is 0 Å². The van der Waals surface area contributed by atoms with Crippen LogP contribution in [0.25, 0.3) is 21.7 Å². The van der Waals surface area contributed by atoms with Crippen LogP contribution in [0, 0.1) is 0 Å². The Morgan fingerprint density at radius 3 is 2.77 bits per heavy atom. The molecule has 0 amide bonds. The minimum absolute atomic E-state index is 0.387. The summed E-state index contributed by atoms with van der Waals surface area (Å²) in [5, 5.41) is 10.5. The number of halogens is 1. The van der Waals surface area contributed by atoms with Gasteiger partial charge in [-0.2, -0.15) is 0 Å². The van der Waals surface area contributed by atoms with Gasteiger partial charge in [0.15, 0.2) is 0 Å². The van der Waals surface area contributed by atoms with Gasteiger partial charge >= 0.3 is 5.97 Å². The lowest BCUT2D eigenvalue weighted by Crippen LogP contribution is -2.16. The van der Waals surface area contributed by atoms with Crippen LogP contribution in [0.5, 0.6) is 0 Å². The van der Waals surface area contributed by atoms with E-state index in [1.807, 2.05) is 36.5 Å². The number of benzene rings is 2. The van der Waals surface area contributed by atoms with Gasteiger partial charge in [0.25, 0.3) is 0 Å². The molecule has 0 saturated heterocycles. The maximum atomic E-state index is 11.9. The first kappa shape index (κ1) is 24.9. The quantitative estimate of drug-likeness (QED) is 0.159. The predicted molar refractivity (Wildman–Crippen MR) is 140 cm³/mol. The fraction of sp³-hybridized carbons (Fsp3) is 0.296. The minimum Gasteiger partial charge on any atom is -0.465 e. The second-order valence-corrected chi connectivity index (χ2v) is 8.59. The Hall–Kier alpha value is -3.26. The van der Waals surface area contributed by atoms with Gasteiger partial charge in [0, 0.05) is 53.3 Å². The van der Waals surface area contributed by atoms with Crippen LogP contribution in [-0.4, -0.2) is 49.4 Å². The maximum absolute atomic E-state index is 11.9. The SMILES string of the molecule is COC(=O)c1ccc2c(c1)nc(NCCOCCCCNCc1cccc(Cl)c1)c1ccncc12. The first-order chi connectivity index (χ1) is 17.2. The molecule has 0 unspecified atom stereocenters. The molecule has 0 atom stereocenters. The highest BCUT2D eigenvalue weighted by Crippen LogP contribution is 2.29. The Morgan fingerprint density at radius 1 is 1.00 bits per heavy atom. The summed E-state index contributed by atoms with van der Waals surface area (Å²) in [6, 6.07) is 15.2. The lowest BCUT2D eigenvalue weighted by Gasteiger charge is -2.12. The monoisotopic (exact) mass is 492 g/mol. The third kappa shape index (κ3) is 6.66. The predicted octanol–water partition coefficient (Wildman–Crippen LogP) is 5.22. The topological polar surface area (TPSA) is 85.4 Å². The van der Waals surface area contributed by atoms with E-state index >= 15 is 0 Å². The Kier molecular flexibility index (Phi) is 8.84. The average molecular weight is 493 g/mol. The van der Waals surface area contributed by atoms with Gasteiger partial charge in [-0.25, -0.2) is 9.78 Å². The van der Waals surface area contributed by atoms with Gasteiger partial charge in [-0.1, -0.05) is 29.8 Å². The number of carbonyl (C=O) groups excluding carboxylic acids is 1. The molecule has 2 aromatic heterocycles. The van der Waals surface area contributed by atoms with Crippen LogP contribution in [0.2, 0.25) is 5.02 Å². The second-order valence-electron chi connectivity index (χ2n) is 8.16. The second kappa shape index (κ2) is 12.4. The molecule has 182 valence electrons. The molecule has 35 heavy (non-hydrogen) atoms. The Morgan fingerprint density at radius 2 is 1.91 bits per heavy atom. The molecule has 0 spiro atoms. The highest BCUT2D eigenvalue weighted by Gasteiger charge is 2.12. The van der Waals surface area contributed by atoms with Gasteiger partial charge in [0.2, 0.25) is 0 Å². The van der Waals surface area contributed by atoms with Crippen LogP contribution < -0.4 is 10.6 Å². The molecule has 0 bridgehead atoms. The van der Waals surface area contributed by atoms with Gasteiger partial charge < -0.3 is 20.1 Å². The summed E-state index contributed by atoms with van der Waals surface area (Å²) in [7, 11) is 1.37. The number of fused-ring (bicyclic) bond motifs is 3. The largest absolute Gasteiger partial charge is 0.465 e. The van der Waals surface area contributed by atoms with Crippen molar-refractivity contribution in [1.29, 1.82) is 0 Å². The van der Waals surface area contributed by atoms with Crippen molar-refractivity contribution in [2.24, 2.45) is 0 Å². The molecule has 0 aliphatic rings. The number of carbonyl (C=O) groups is 1. The molecule has 0 aliphatic carbocycles. The Bertz CT molecular complexity index is 1300. The van der Waals surface area contributed by atoms with Gasteiger partial charge in [-0.05, 0) is 55.3 Å². The Balaban J connectivity index is 1.24. The van der Waals surface area contributed by atoms with E-state index in [0.717, 1.165) is 52.9 Å². The molecule has 2 heterocycles. The number of anilines is 1. The number of pyridine rings is 2. The van der Waals surface area contributed by atoms with Gasteiger partial charge in [-0.15, -0.1) is 0 Å². The minimum atomic E-state index is -0.387. The Labute approximate surface area is 209 Å². The van der Waals surface area contributed by atoms with E-state index < -0.39 is 0 Å². The van der Waals surface area contributed by atoms with E-state index in [-0.39, 0.29) is 5.97 Å². The van der Waals surface area contributed by atoms with Crippen molar-refractivity contribution in [3.8, 4) is 0 Å². The standard InChI is InChI=1S/C27H29ClN4O3/c1-34-27(33)20-7-8-22-24-18-30-11-9-23(24)26(32-25(22)16-20)31-12-14-35-13-3-2-10-29-17-19-5-4-6-21(28)15-19/h4-9,11,15-16,18,29H,2-3,10,12-14,17H2,1H3,(H,31,32). The van der Waals surface area contributed by atoms with Crippen molar-refractivity contribution in [3.05, 3.63) is 77.1 Å². The lowest BCUT2D eigenvalue weighted by atomic mass is 10.1. The number of nitrogens with zero attached hydrogens (tertiary/aromatic N) is 2. The van der Waals surface area contributed by atoms with Crippen LogP contribution in [0.1, 0.15) is 28.8 Å². The third-order valence-corrected chi connectivity index (χ3v) is 5.90. The van der Waals surface area contributed by atoms with E-state index in [4.69, 9.17) is 26.1 Å². The lowest BCUT2D eigenvalue weighted by molar-refractivity contribution is 0.0601. The van der Waals surface area contributed by atoms with Crippen molar-refractivity contribution in [1.82, 2.24) is 15.3 Å². The molecule has 0 saturated carbocycles. The van der Waals surface area contributed by atoms with E-state index in [9.17, 15) is 4.79 Å². The fourth-order valence-electron chi connectivity index (χ4n) is 3.91. The first-order valence-electron chi connectivity index (χ1n) is 11.7. The van der Waals surface area contributed by atoms with Crippen LogP contribution in [0.15, 0.2) is 60.9 Å². The van der Waals surface area contributed by atoms with Gasteiger partial charge in [-0.3, -0.25) is 4.98 Å². The van der Waals surface area contributed by atoms with Crippen molar-refractivity contribution < 1.29 is 14.3 Å². The van der Waals surface area contributed by atoms with Crippen LogP contribution in [0.3, 0.4) is 0 Å². The number of ether oxygens (including phenoxy) is 2. The van der Waals surface area contributed by atoms with E-state index in [0.29, 0.717) is 30.8 Å². The molecule has 7 nitrogen and oxygen atoms in total. The number of esters is 1. The molecule has 0 fully saturated rings. The summed E-state index contributed by atoms with van der Waals surface area (Å²) in [4.78, 5) is 21.0. The number of unbranched alkanes of at least 4 members (excludes halogenated alkanes) is 1. The molecular formula is C27H29ClN4O3. The zero-order chi connectivity index (χ0) is 24.5. The van der Waals surface area contributed by atoms with E-state index in [1.54, 1.807) is 18.3 Å². The van der Waals surface area contributed by atoms with Crippen LogP contribution in [-0.2, 0) is 16.0 Å². The number of rotatable bonds is 12. The fourth-order valence-corrected chi connectivity index (χ4v) is 4.12. The molecule has 0 aliphatic heterocycles. The first-order valence-corrected chi connectivity index (χ1v) is 12.1. The van der Waals surface area contributed by atoms with Crippen molar-refractivity contribution >= 4 is 45.1 Å². The van der Waals surface area contributed by atoms with E-state index in [2.05, 4.69) is 21.7 Å². The zero-order valence-corrected chi connectivity index (χ0v) is 20.5. The highest BCUT2D eigenvalue weighted by atomic mass is 35.5. The van der Waals surface area contributed by atoms with Crippen LogP contribution >= 0.6 is 11.6 Å². The molecule has 4 aromatic rings. The molecular weight excluding hydrogens is 464 g/mol. The number of hydrogen-bond acceptors (Lipinski definition) is 7. The highest BCUT2D eigenvalue weighted by molar-refractivity contribution is 6.30. The average Bonchev–Trinajstić information content (AvgIpc) is 2.89. The molecule has 2 aromatic carbocycles. The molecule has 0 radical (unpaired) electrons. The van der Waals surface area contributed by atoms with Crippen molar-refractivity contribution in [2.45, 2.75) is 19.4 Å². The number of methoxy groups -OCH3 is 1. The summed E-state index contributed by atoms with van der Waals surface area (Å²) < 4.78 is 10.6. The zero-order valence-electron chi connectivity index (χ0n) is 19.7. The number of aromatic nitrogens is 2. The summed E-state index contributed by atoms with van der Waals surface area (Å²) in [6.07, 6.45) is 5.60. The van der Waals surface area contributed by atoms with Crippen LogP contribution in [0.4, 0.5) is 5.82 Å². The third-order valence-electron chi connectivity index (χ3n) is 5.67. The van der Waals surface area contributed by atoms with Crippen molar-refractivity contribution in [2.75, 3.05) is 38.7 Å². The smallest absolute Gasteiger partial charge is 0.337 e. The van der Waals surface area contributed by atoms with Gasteiger partial charge in [0.1, 0.15) is 5.82 Å². The molecule has 8 heteroatoms. The normalized spacial score (nSPS) is 11.1. The summed E-state index contributed by atoms with van der Waals surface area (Å²) in [6.45, 7) is 3.65. The van der Waals surface area contributed by atoms with E-state index in [1.165, 1.54) is 12.7 Å². The summed E-state index contributed by atoms with van der Waals surface area (Å²) >= 11 is 6.01. The maximum Gasteiger partial charge on any atom is 0.337 e. The van der Waals surface area contributed by atoms with Gasteiger partial charge in [0.05, 0.1) is 24.8 Å². The number of nitrogens with one attached hydrogen (secondary N) is 2.